The van der Waals surface area contributed by atoms with Crippen LogP contribution >= 0.6 is 0 Å². The van der Waals surface area contributed by atoms with Crippen LogP contribution in [-0.4, -0.2) is 87.5 Å². The number of unbranched alkanes of at least 4 members (excludes halogenated alkanes) is 44. The van der Waals surface area contributed by atoms with E-state index in [0.29, 0.717) is 6.42 Å². The first-order chi connectivity index (χ1) is 35.8. The average Bonchev–Trinajstić information content (AvgIpc) is 3.39. The highest BCUT2D eigenvalue weighted by atomic mass is 16.7. The Bertz CT molecular complexity index is 1200. The quantitative estimate of drug-likeness (QED) is 0.0261. The van der Waals surface area contributed by atoms with Crippen molar-refractivity contribution in [2.75, 3.05) is 13.2 Å². The predicted octanol–water partition coefficient (Wildman–Crippen LogP) is 16.5. The lowest BCUT2D eigenvalue weighted by atomic mass is 9.99. The lowest BCUT2D eigenvalue weighted by Crippen LogP contribution is -2.60. The maximum absolute atomic E-state index is 13.1. The van der Waals surface area contributed by atoms with Gasteiger partial charge in [-0.25, -0.2) is 0 Å². The highest BCUT2D eigenvalue weighted by Gasteiger charge is 2.44. The van der Waals surface area contributed by atoms with Gasteiger partial charge in [0.1, 0.15) is 24.4 Å². The van der Waals surface area contributed by atoms with Crippen molar-refractivity contribution in [2.45, 2.75) is 365 Å². The largest absolute Gasteiger partial charge is 0.394 e. The molecule has 1 saturated heterocycles. The minimum absolute atomic E-state index is 0.171. The van der Waals surface area contributed by atoms with Gasteiger partial charge in [0.2, 0.25) is 5.91 Å². The van der Waals surface area contributed by atoms with Crippen LogP contribution in [0.5, 0.6) is 0 Å². The number of rotatable bonds is 56. The lowest BCUT2D eigenvalue weighted by molar-refractivity contribution is -0.302. The van der Waals surface area contributed by atoms with Crippen molar-refractivity contribution in [2.24, 2.45) is 0 Å². The summed E-state index contributed by atoms with van der Waals surface area (Å²) in [5, 5.41) is 54.6. The zero-order valence-electron chi connectivity index (χ0n) is 48.2. The van der Waals surface area contributed by atoms with Crippen LogP contribution in [0, 0.1) is 0 Å². The number of aliphatic hydroxyl groups excluding tert-OH is 5. The molecule has 1 heterocycles. The summed E-state index contributed by atoms with van der Waals surface area (Å²) in [5.41, 5.74) is 0. The fourth-order valence-electron chi connectivity index (χ4n) is 10.4. The second kappa shape index (κ2) is 54.0. The summed E-state index contributed by atoms with van der Waals surface area (Å²) in [6.07, 6.45) is 62.7. The SMILES string of the molecule is CCCCCCCCCCCCCC/C=C\CCCCCCCCCCCCCCCCCCC(=O)NC(COC1OC(CO)C(O)C(O)C1O)C(O)/C=C/CCCCCCCCCCCCCCCCCC. The Morgan fingerprint density at radius 1 is 0.452 bits per heavy atom. The van der Waals surface area contributed by atoms with Gasteiger partial charge in [-0.2, -0.15) is 0 Å². The van der Waals surface area contributed by atoms with Gasteiger partial charge in [-0.1, -0.05) is 295 Å². The van der Waals surface area contributed by atoms with Crippen molar-refractivity contribution < 1.29 is 39.8 Å². The molecule has 1 amide bonds. The summed E-state index contributed by atoms with van der Waals surface area (Å²) in [4.78, 5) is 13.1. The molecule has 0 saturated carbocycles. The van der Waals surface area contributed by atoms with Gasteiger partial charge < -0.3 is 40.3 Å². The van der Waals surface area contributed by atoms with Crippen molar-refractivity contribution >= 4 is 5.91 Å². The number of carbonyl (C=O) groups is 1. The van der Waals surface area contributed by atoms with Crippen molar-refractivity contribution in [3.8, 4) is 0 Å². The van der Waals surface area contributed by atoms with Gasteiger partial charge in [-0.05, 0) is 44.9 Å². The average molecular weight is 1030 g/mol. The van der Waals surface area contributed by atoms with Gasteiger partial charge in [0.25, 0.3) is 0 Å². The van der Waals surface area contributed by atoms with Gasteiger partial charge in [0.15, 0.2) is 6.29 Å². The molecule has 432 valence electrons. The van der Waals surface area contributed by atoms with Crippen LogP contribution in [0.3, 0.4) is 0 Å². The van der Waals surface area contributed by atoms with Crippen LogP contribution in [0.1, 0.15) is 322 Å². The second-order valence-electron chi connectivity index (χ2n) is 22.6. The van der Waals surface area contributed by atoms with Crippen LogP contribution < -0.4 is 5.32 Å². The molecule has 9 heteroatoms. The third-order valence-corrected chi connectivity index (χ3v) is 15.5. The summed E-state index contributed by atoms with van der Waals surface area (Å²) >= 11 is 0. The molecule has 7 unspecified atom stereocenters. The second-order valence-corrected chi connectivity index (χ2v) is 22.6. The molecule has 73 heavy (non-hydrogen) atoms. The molecule has 1 aliphatic rings. The minimum Gasteiger partial charge on any atom is -0.394 e. The first kappa shape index (κ1) is 69.7. The zero-order chi connectivity index (χ0) is 52.9. The van der Waals surface area contributed by atoms with E-state index in [9.17, 15) is 30.3 Å². The van der Waals surface area contributed by atoms with E-state index in [1.807, 2.05) is 6.08 Å². The Balaban J connectivity index is 2.12. The summed E-state index contributed by atoms with van der Waals surface area (Å²) in [5.74, 6) is -0.171. The molecule has 0 aromatic rings. The first-order valence-corrected chi connectivity index (χ1v) is 32.1. The van der Waals surface area contributed by atoms with Crippen LogP contribution in [0.4, 0.5) is 0 Å². The molecular formula is C64H123NO8. The zero-order valence-corrected chi connectivity index (χ0v) is 48.2. The molecule has 0 bridgehead atoms. The maximum Gasteiger partial charge on any atom is 0.220 e. The normalized spacial score (nSPS) is 19.1. The highest BCUT2D eigenvalue weighted by Crippen LogP contribution is 2.23. The number of ether oxygens (including phenoxy) is 2. The number of amides is 1. The molecule has 0 aromatic heterocycles. The summed E-state index contributed by atoms with van der Waals surface area (Å²) < 4.78 is 11.3. The van der Waals surface area contributed by atoms with E-state index < -0.39 is 49.5 Å². The fourth-order valence-corrected chi connectivity index (χ4v) is 10.4. The van der Waals surface area contributed by atoms with Crippen molar-refractivity contribution in [1.29, 1.82) is 0 Å². The van der Waals surface area contributed by atoms with E-state index in [0.717, 1.165) is 38.5 Å². The van der Waals surface area contributed by atoms with Crippen LogP contribution in [0.15, 0.2) is 24.3 Å². The van der Waals surface area contributed by atoms with E-state index in [2.05, 4.69) is 31.3 Å². The van der Waals surface area contributed by atoms with E-state index in [4.69, 9.17) is 9.47 Å². The van der Waals surface area contributed by atoms with Crippen molar-refractivity contribution in [1.82, 2.24) is 5.32 Å². The molecule has 7 atom stereocenters. The van der Waals surface area contributed by atoms with Crippen LogP contribution in [0.25, 0.3) is 0 Å². The first-order valence-electron chi connectivity index (χ1n) is 32.1. The van der Waals surface area contributed by atoms with E-state index in [1.54, 1.807) is 6.08 Å². The molecule has 1 fully saturated rings. The van der Waals surface area contributed by atoms with Gasteiger partial charge in [-0.15, -0.1) is 0 Å². The number of allylic oxidation sites excluding steroid dienone is 3. The number of carbonyl (C=O) groups excluding carboxylic acids is 1. The Kier molecular flexibility index (Phi) is 51.6. The van der Waals surface area contributed by atoms with Crippen LogP contribution in [-0.2, 0) is 14.3 Å². The van der Waals surface area contributed by atoms with Gasteiger partial charge in [0.05, 0.1) is 25.4 Å². The molecule has 0 radical (unpaired) electrons. The van der Waals surface area contributed by atoms with Gasteiger partial charge in [-0.3, -0.25) is 4.79 Å². The Labute approximate surface area is 451 Å². The predicted molar refractivity (Wildman–Crippen MR) is 309 cm³/mol. The van der Waals surface area contributed by atoms with E-state index in [1.165, 1.54) is 263 Å². The highest BCUT2D eigenvalue weighted by molar-refractivity contribution is 5.76. The summed E-state index contributed by atoms with van der Waals surface area (Å²) in [6, 6.07) is -0.803. The molecule has 1 rings (SSSR count). The topological polar surface area (TPSA) is 149 Å². The Hall–Kier alpha value is -1.33. The Morgan fingerprint density at radius 2 is 0.767 bits per heavy atom. The number of nitrogens with one attached hydrogen (secondary N) is 1. The number of hydrogen-bond donors (Lipinski definition) is 6. The molecule has 9 nitrogen and oxygen atoms in total. The van der Waals surface area contributed by atoms with Gasteiger partial charge >= 0.3 is 0 Å². The smallest absolute Gasteiger partial charge is 0.220 e. The summed E-state index contributed by atoms with van der Waals surface area (Å²) in [6.45, 7) is 3.82. The number of aliphatic hydroxyl groups is 5. The molecule has 1 aliphatic heterocycles. The molecule has 0 aromatic carbocycles. The molecule has 0 aliphatic carbocycles. The van der Waals surface area contributed by atoms with E-state index in [-0.39, 0.29) is 12.5 Å². The molecular weight excluding hydrogens is 911 g/mol. The van der Waals surface area contributed by atoms with Crippen molar-refractivity contribution in [3.05, 3.63) is 24.3 Å². The maximum atomic E-state index is 13.1. The third kappa shape index (κ3) is 43.4. The standard InChI is InChI=1S/C64H123NO8/c1-3-5-7-9-11-13-15-17-19-21-23-24-25-26-27-28-29-30-31-32-33-34-35-36-38-40-42-44-46-48-50-52-54-60(68)65-57(56-72-64-63(71)62(70)61(69)59(55-66)73-64)58(67)53-51-49-47-45-43-41-39-37-22-20-18-16-14-12-10-8-6-4-2/h26-27,51,53,57-59,61-64,66-67,69-71H,3-25,28-50,52,54-56H2,1-2H3,(H,65,68)/b27-26-,53-51+. The van der Waals surface area contributed by atoms with Gasteiger partial charge in [0, 0.05) is 6.42 Å². The molecule has 0 spiro atoms. The fraction of sp³-hybridized carbons (Fsp3) is 0.922. The number of hydrogen-bond acceptors (Lipinski definition) is 8. The minimum atomic E-state index is -1.56. The lowest BCUT2D eigenvalue weighted by Gasteiger charge is -2.40. The van der Waals surface area contributed by atoms with E-state index >= 15 is 0 Å². The monoisotopic (exact) mass is 1030 g/mol. The van der Waals surface area contributed by atoms with Crippen LogP contribution in [0.2, 0.25) is 0 Å². The third-order valence-electron chi connectivity index (χ3n) is 15.5. The Morgan fingerprint density at radius 3 is 1.11 bits per heavy atom. The molecule has 6 N–H and O–H groups in total. The summed E-state index contributed by atoms with van der Waals surface area (Å²) in [7, 11) is 0. The van der Waals surface area contributed by atoms with Crippen molar-refractivity contribution in [3.63, 3.8) is 0 Å².